The van der Waals surface area contributed by atoms with Crippen LogP contribution in [0.4, 0.5) is 26.1 Å². The summed E-state index contributed by atoms with van der Waals surface area (Å²) in [5.74, 6) is -2.08. The molecule has 1 heterocycles. The van der Waals surface area contributed by atoms with E-state index in [0.29, 0.717) is 5.69 Å². The molecule has 0 saturated carbocycles. The molecule has 0 bridgehead atoms. The van der Waals surface area contributed by atoms with E-state index in [0.717, 1.165) is 23.3 Å². The quantitative estimate of drug-likeness (QED) is 0.730. The fraction of sp³-hybridized carbons (Fsp3) is 0.105. The van der Waals surface area contributed by atoms with Crippen molar-refractivity contribution in [1.82, 2.24) is 9.97 Å². The van der Waals surface area contributed by atoms with Gasteiger partial charge in [-0.05, 0) is 49.2 Å². The first-order valence-electron chi connectivity index (χ1n) is 7.87. The van der Waals surface area contributed by atoms with Crippen LogP contribution in [-0.4, -0.2) is 15.9 Å². The zero-order valence-corrected chi connectivity index (χ0v) is 14.2. The average Bonchev–Trinajstić information content (AvgIpc) is 2.62. The number of nitrogens with one attached hydrogen (secondary N) is 2. The van der Waals surface area contributed by atoms with Gasteiger partial charge in [0.2, 0.25) is 5.95 Å². The van der Waals surface area contributed by atoms with E-state index >= 15 is 0 Å². The molecule has 26 heavy (non-hydrogen) atoms. The zero-order valence-electron chi connectivity index (χ0n) is 14.2. The van der Waals surface area contributed by atoms with Gasteiger partial charge in [0.15, 0.2) is 0 Å². The number of amides is 1. The molecule has 0 radical (unpaired) electrons. The SMILES string of the molecule is Cc1cccc(NC(=O)c2ccnc(Nc3c(F)cccc3F)n2)c1C. The van der Waals surface area contributed by atoms with Gasteiger partial charge in [0, 0.05) is 11.9 Å². The van der Waals surface area contributed by atoms with E-state index in [4.69, 9.17) is 0 Å². The van der Waals surface area contributed by atoms with Crippen molar-refractivity contribution in [3.05, 3.63) is 77.1 Å². The summed E-state index contributed by atoms with van der Waals surface area (Å²) in [4.78, 5) is 20.4. The Morgan fingerprint density at radius 3 is 2.42 bits per heavy atom. The molecule has 0 aliphatic carbocycles. The smallest absolute Gasteiger partial charge is 0.274 e. The first kappa shape index (κ1) is 17.5. The second kappa shape index (κ2) is 7.26. The Bertz CT molecular complexity index is 955. The van der Waals surface area contributed by atoms with Crippen molar-refractivity contribution in [2.75, 3.05) is 10.6 Å². The van der Waals surface area contributed by atoms with Gasteiger partial charge in [-0.15, -0.1) is 0 Å². The predicted octanol–water partition coefficient (Wildman–Crippen LogP) is 4.37. The topological polar surface area (TPSA) is 66.9 Å². The van der Waals surface area contributed by atoms with Gasteiger partial charge in [-0.1, -0.05) is 18.2 Å². The number of carbonyl (C=O) groups is 1. The molecular formula is C19H16F2N4O. The van der Waals surface area contributed by atoms with Gasteiger partial charge >= 0.3 is 0 Å². The number of aromatic nitrogens is 2. The molecule has 5 nitrogen and oxygen atoms in total. The van der Waals surface area contributed by atoms with Crippen molar-refractivity contribution < 1.29 is 13.6 Å². The van der Waals surface area contributed by atoms with E-state index in [-0.39, 0.29) is 17.3 Å². The van der Waals surface area contributed by atoms with Gasteiger partial charge in [-0.25, -0.2) is 18.7 Å². The van der Waals surface area contributed by atoms with Gasteiger partial charge in [-0.2, -0.15) is 0 Å². The number of hydrogen-bond donors (Lipinski definition) is 2. The van der Waals surface area contributed by atoms with Crippen LogP contribution in [0.2, 0.25) is 0 Å². The molecule has 0 spiro atoms. The number of hydrogen-bond acceptors (Lipinski definition) is 4. The molecule has 0 aliphatic rings. The number of para-hydroxylation sites is 1. The minimum Gasteiger partial charge on any atom is -0.320 e. The molecular weight excluding hydrogens is 338 g/mol. The lowest BCUT2D eigenvalue weighted by molar-refractivity contribution is 0.102. The van der Waals surface area contributed by atoms with E-state index in [9.17, 15) is 13.6 Å². The predicted molar refractivity (Wildman–Crippen MR) is 95.5 cm³/mol. The van der Waals surface area contributed by atoms with Crippen LogP contribution in [0.25, 0.3) is 0 Å². The summed E-state index contributed by atoms with van der Waals surface area (Å²) in [6, 6.07) is 10.5. The Hall–Kier alpha value is -3.35. The summed E-state index contributed by atoms with van der Waals surface area (Å²) in [5.41, 5.74) is 2.35. The summed E-state index contributed by atoms with van der Waals surface area (Å²) in [5, 5.41) is 5.24. The van der Waals surface area contributed by atoms with Crippen molar-refractivity contribution in [1.29, 1.82) is 0 Å². The van der Waals surface area contributed by atoms with E-state index < -0.39 is 17.5 Å². The molecule has 1 amide bonds. The fourth-order valence-corrected chi connectivity index (χ4v) is 2.35. The number of aryl methyl sites for hydroxylation is 1. The highest BCUT2D eigenvalue weighted by atomic mass is 19.1. The maximum atomic E-state index is 13.7. The third-order valence-electron chi connectivity index (χ3n) is 3.94. The van der Waals surface area contributed by atoms with E-state index in [2.05, 4.69) is 20.6 Å². The normalized spacial score (nSPS) is 10.5. The van der Waals surface area contributed by atoms with Crippen molar-refractivity contribution in [3.63, 3.8) is 0 Å². The standard InChI is InChI=1S/C19H16F2N4O/c1-11-5-3-8-15(12(11)2)23-18(26)16-9-10-22-19(24-16)25-17-13(20)6-4-7-14(17)21/h3-10H,1-2H3,(H,23,26)(H,22,24,25). The minimum atomic E-state index is -0.779. The molecule has 132 valence electrons. The number of nitrogens with zero attached hydrogens (tertiary/aromatic N) is 2. The lowest BCUT2D eigenvalue weighted by atomic mass is 10.1. The lowest BCUT2D eigenvalue weighted by Gasteiger charge is -2.11. The number of halogens is 2. The Morgan fingerprint density at radius 2 is 1.69 bits per heavy atom. The summed E-state index contributed by atoms with van der Waals surface area (Å²) < 4.78 is 27.5. The van der Waals surface area contributed by atoms with Crippen LogP contribution >= 0.6 is 0 Å². The molecule has 0 saturated heterocycles. The molecule has 0 aliphatic heterocycles. The van der Waals surface area contributed by atoms with Gasteiger partial charge in [0.25, 0.3) is 5.91 Å². The first-order chi connectivity index (χ1) is 12.5. The number of anilines is 3. The van der Waals surface area contributed by atoms with E-state index in [1.807, 2.05) is 26.0 Å². The summed E-state index contributed by atoms with van der Waals surface area (Å²) in [7, 11) is 0. The van der Waals surface area contributed by atoms with Crippen LogP contribution in [0.1, 0.15) is 21.6 Å². The minimum absolute atomic E-state index is 0.0696. The van der Waals surface area contributed by atoms with Crippen LogP contribution in [-0.2, 0) is 0 Å². The average molecular weight is 354 g/mol. The molecule has 3 aromatic rings. The van der Waals surface area contributed by atoms with Crippen molar-refractivity contribution in [2.24, 2.45) is 0 Å². The molecule has 0 fully saturated rings. The van der Waals surface area contributed by atoms with Crippen LogP contribution < -0.4 is 10.6 Å². The molecule has 3 rings (SSSR count). The second-order valence-electron chi connectivity index (χ2n) is 5.69. The monoisotopic (exact) mass is 354 g/mol. The third-order valence-corrected chi connectivity index (χ3v) is 3.94. The zero-order chi connectivity index (χ0) is 18.7. The second-order valence-corrected chi connectivity index (χ2v) is 5.69. The van der Waals surface area contributed by atoms with Gasteiger partial charge in [-0.3, -0.25) is 4.79 Å². The third kappa shape index (κ3) is 3.66. The Morgan fingerprint density at radius 1 is 1.00 bits per heavy atom. The van der Waals surface area contributed by atoms with Gasteiger partial charge in [0.05, 0.1) is 0 Å². The highest BCUT2D eigenvalue weighted by molar-refractivity contribution is 6.03. The number of rotatable bonds is 4. The van der Waals surface area contributed by atoms with Crippen LogP contribution in [0.5, 0.6) is 0 Å². The van der Waals surface area contributed by atoms with Crippen molar-refractivity contribution >= 4 is 23.2 Å². The Kier molecular flexibility index (Phi) is 4.88. The van der Waals surface area contributed by atoms with Gasteiger partial charge in [0.1, 0.15) is 23.0 Å². The molecule has 7 heteroatoms. The van der Waals surface area contributed by atoms with Crippen LogP contribution in [0, 0.1) is 25.5 Å². The van der Waals surface area contributed by atoms with E-state index in [1.54, 1.807) is 6.07 Å². The van der Waals surface area contributed by atoms with Crippen LogP contribution in [0.3, 0.4) is 0 Å². The number of carbonyl (C=O) groups excluding carboxylic acids is 1. The Balaban J connectivity index is 1.83. The van der Waals surface area contributed by atoms with Crippen LogP contribution in [0.15, 0.2) is 48.7 Å². The Labute approximate surface area is 149 Å². The maximum Gasteiger partial charge on any atom is 0.274 e. The number of benzene rings is 2. The first-order valence-corrected chi connectivity index (χ1v) is 7.87. The van der Waals surface area contributed by atoms with Crippen molar-refractivity contribution in [3.8, 4) is 0 Å². The molecule has 2 aromatic carbocycles. The molecule has 0 atom stereocenters. The fourth-order valence-electron chi connectivity index (χ4n) is 2.35. The maximum absolute atomic E-state index is 13.7. The van der Waals surface area contributed by atoms with E-state index in [1.165, 1.54) is 18.3 Å². The lowest BCUT2D eigenvalue weighted by Crippen LogP contribution is -2.16. The highest BCUT2D eigenvalue weighted by Crippen LogP contribution is 2.22. The van der Waals surface area contributed by atoms with Gasteiger partial charge < -0.3 is 10.6 Å². The molecule has 2 N–H and O–H groups in total. The summed E-state index contributed by atoms with van der Waals surface area (Å²) >= 11 is 0. The molecule has 0 unspecified atom stereocenters. The summed E-state index contributed by atoms with van der Waals surface area (Å²) in [6.45, 7) is 3.85. The van der Waals surface area contributed by atoms with Crippen molar-refractivity contribution in [2.45, 2.75) is 13.8 Å². The highest BCUT2D eigenvalue weighted by Gasteiger charge is 2.13. The summed E-state index contributed by atoms with van der Waals surface area (Å²) in [6.07, 6.45) is 1.34. The largest absolute Gasteiger partial charge is 0.320 e. The molecule has 1 aromatic heterocycles.